The molecule has 1 atom stereocenters. The molecule has 0 bridgehead atoms. The number of hydrogen-bond acceptors (Lipinski definition) is 6. The first kappa shape index (κ1) is 25.7. The minimum atomic E-state index is -3.83. The van der Waals surface area contributed by atoms with Crippen molar-refractivity contribution in [3.8, 4) is 0 Å². The van der Waals surface area contributed by atoms with Crippen LogP contribution in [0.3, 0.4) is 0 Å². The van der Waals surface area contributed by atoms with Gasteiger partial charge in [0.25, 0.3) is 5.91 Å². The summed E-state index contributed by atoms with van der Waals surface area (Å²) < 4.78 is 32.4. The summed E-state index contributed by atoms with van der Waals surface area (Å²) in [5, 5.41) is 2.71. The molecular weight excluding hydrogens is 454 g/mol. The summed E-state index contributed by atoms with van der Waals surface area (Å²) in [7, 11) is -3.83. The first-order chi connectivity index (χ1) is 16.1. The summed E-state index contributed by atoms with van der Waals surface area (Å²) in [6.45, 7) is 8.81. The van der Waals surface area contributed by atoms with Gasteiger partial charge in [-0.25, -0.2) is 8.42 Å². The fraction of sp³-hybridized carbons (Fsp3) is 0.440. The van der Waals surface area contributed by atoms with Gasteiger partial charge in [0.1, 0.15) is 6.04 Å². The van der Waals surface area contributed by atoms with Gasteiger partial charge in [-0.3, -0.25) is 9.59 Å². The van der Waals surface area contributed by atoms with E-state index in [0.717, 1.165) is 17.8 Å². The number of nitrogens with zero attached hydrogens (tertiary/aromatic N) is 2. The van der Waals surface area contributed by atoms with Crippen LogP contribution >= 0.6 is 0 Å². The standard InChI is InChI=1S/C25H33N3O5S/c1-5-27(18(2)3)21-12-10-20(11-13-21)26-24(29)17-33-25(30)23-7-6-16-28(23)34(31,32)22-14-8-19(4)9-15-22/h8-15,18,23H,5-7,16-17H2,1-4H3,(H,26,29)/t23-/m0/s1. The molecule has 8 nitrogen and oxygen atoms in total. The number of carbonyl (C=O) groups excluding carboxylic acids is 2. The Labute approximate surface area is 201 Å². The smallest absolute Gasteiger partial charge is 0.324 e. The molecule has 1 saturated heterocycles. The van der Waals surface area contributed by atoms with Crippen molar-refractivity contribution in [2.75, 3.05) is 29.9 Å². The Morgan fingerprint density at radius 1 is 1.12 bits per heavy atom. The molecule has 2 aromatic carbocycles. The Bertz CT molecular complexity index is 1100. The van der Waals surface area contributed by atoms with Gasteiger partial charge in [0, 0.05) is 30.5 Å². The molecule has 0 radical (unpaired) electrons. The van der Waals surface area contributed by atoms with E-state index in [1.807, 2.05) is 19.1 Å². The van der Waals surface area contributed by atoms with Gasteiger partial charge in [-0.05, 0) is 76.9 Å². The van der Waals surface area contributed by atoms with Crippen LogP contribution in [0.1, 0.15) is 39.2 Å². The number of sulfonamides is 1. The average molecular weight is 488 g/mol. The highest BCUT2D eigenvalue weighted by Crippen LogP contribution is 2.27. The molecule has 2 aromatic rings. The van der Waals surface area contributed by atoms with Crippen LogP contribution in [0.25, 0.3) is 0 Å². The van der Waals surface area contributed by atoms with E-state index in [1.165, 1.54) is 16.4 Å². The van der Waals surface area contributed by atoms with Crippen LogP contribution in [0.15, 0.2) is 53.4 Å². The van der Waals surface area contributed by atoms with Crippen molar-refractivity contribution in [1.29, 1.82) is 0 Å². The Balaban J connectivity index is 1.57. The van der Waals surface area contributed by atoms with Gasteiger partial charge in [-0.15, -0.1) is 0 Å². The monoisotopic (exact) mass is 487 g/mol. The Hall–Kier alpha value is -2.91. The highest BCUT2D eigenvalue weighted by Gasteiger charge is 2.40. The number of carbonyl (C=O) groups is 2. The molecule has 0 aromatic heterocycles. The predicted molar refractivity (Wildman–Crippen MR) is 132 cm³/mol. The van der Waals surface area contributed by atoms with Crippen molar-refractivity contribution in [2.24, 2.45) is 0 Å². The number of nitrogens with one attached hydrogen (secondary N) is 1. The van der Waals surface area contributed by atoms with Crippen LogP contribution in [0, 0.1) is 6.92 Å². The molecule has 1 fully saturated rings. The number of ether oxygens (including phenoxy) is 1. The van der Waals surface area contributed by atoms with Crippen molar-refractivity contribution in [3.05, 3.63) is 54.1 Å². The van der Waals surface area contributed by atoms with E-state index < -0.39 is 34.5 Å². The Morgan fingerprint density at radius 2 is 1.76 bits per heavy atom. The van der Waals surface area contributed by atoms with E-state index in [1.54, 1.807) is 24.3 Å². The molecule has 0 spiro atoms. The van der Waals surface area contributed by atoms with Crippen molar-refractivity contribution < 1.29 is 22.7 Å². The fourth-order valence-corrected chi connectivity index (χ4v) is 5.77. The van der Waals surface area contributed by atoms with Crippen LogP contribution in [0.4, 0.5) is 11.4 Å². The van der Waals surface area contributed by atoms with Crippen molar-refractivity contribution in [2.45, 2.75) is 57.5 Å². The lowest BCUT2D eigenvalue weighted by Gasteiger charge is -2.27. The molecule has 184 valence electrons. The number of benzene rings is 2. The Morgan fingerprint density at radius 3 is 2.35 bits per heavy atom. The molecule has 1 amide bonds. The van der Waals surface area contributed by atoms with E-state index in [4.69, 9.17) is 4.74 Å². The zero-order valence-corrected chi connectivity index (χ0v) is 21.0. The summed E-state index contributed by atoms with van der Waals surface area (Å²) in [5.41, 5.74) is 2.59. The summed E-state index contributed by atoms with van der Waals surface area (Å²) in [5.74, 6) is -1.20. The summed E-state index contributed by atoms with van der Waals surface area (Å²) in [6.07, 6.45) is 0.908. The highest BCUT2D eigenvalue weighted by molar-refractivity contribution is 7.89. The van der Waals surface area contributed by atoms with Crippen molar-refractivity contribution in [1.82, 2.24) is 4.31 Å². The molecule has 34 heavy (non-hydrogen) atoms. The third-order valence-corrected chi connectivity index (χ3v) is 7.82. The summed E-state index contributed by atoms with van der Waals surface area (Å²) >= 11 is 0. The van der Waals surface area contributed by atoms with E-state index >= 15 is 0 Å². The molecule has 1 aliphatic heterocycles. The SMILES string of the molecule is CCN(c1ccc(NC(=O)COC(=O)[C@@H]2CCCN2S(=O)(=O)c2ccc(C)cc2)cc1)C(C)C. The lowest BCUT2D eigenvalue weighted by molar-refractivity contribution is -0.150. The normalized spacial score (nSPS) is 16.4. The zero-order valence-electron chi connectivity index (χ0n) is 20.2. The molecule has 0 unspecified atom stereocenters. The lowest BCUT2D eigenvalue weighted by Crippen LogP contribution is -2.42. The van der Waals surface area contributed by atoms with Gasteiger partial charge in [-0.2, -0.15) is 4.31 Å². The second kappa shape index (κ2) is 11.0. The van der Waals surface area contributed by atoms with Gasteiger partial charge in [-0.1, -0.05) is 17.7 Å². The molecule has 1 heterocycles. The maximum absolute atomic E-state index is 13.0. The fourth-order valence-electron chi connectivity index (χ4n) is 4.12. The molecule has 0 aliphatic carbocycles. The first-order valence-corrected chi connectivity index (χ1v) is 13.0. The zero-order chi connectivity index (χ0) is 24.9. The minimum Gasteiger partial charge on any atom is -0.454 e. The second-order valence-electron chi connectivity index (χ2n) is 8.67. The minimum absolute atomic E-state index is 0.137. The van der Waals surface area contributed by atoms with Crippen LogP contribution in [-0.4, -0.2) is 56.4 Å². The third-order valence-electron chi connectivity index (χ3n) is 5.90. The third kappa shape index (κ3) is 5.95. The van der Waals surface area contributed by atoms with E-state index in [-0.39, 0.29) is 11.4 Å². The van der Waals surface area contributed by atoms with Crippen LogP contribution in [0.5, 0.6) is 0 Å². The second-order valence-corrected chi connectivity index (χ2v) is 10.6. The van der Waals surface area contributed by atoms with Gasteiger partial charge in [0.2, 0.25) is 10.0 Å². The number of hydrogen-bond donors (Lipinski definition) is 1. The lowest BCUT2D eigenvalue weighted by atomic mass is 10.2. The maximum atomic E-state index is 13.0. The highest BCUT2D eigenvalue weighted by atomic mass is 32.2. The van der Waals surface area contributed by atoms with Crippen LogP contribution < -0.4 is 10.2 Å². The maximum Gasteiger partial charge on any atom is 0.324 e. The largest absolute Gasteiger partial charge is 0.454 e. The van der Waals surface area contributed by atoms with Crippen LogP contribution in [0.2, 0.25) is 0 Å². The van der Waals surface area contributed by atoms with Crippen molar-refractivity contribution >= 4 is 33.3 Å². The van der Waals surface area contributed by atoms with E-state index in [2.05, 4.69) is 31.0 Å². The van der Waals surface area contributed by atoms with Crippen molar-refractivity contribution in [3.63, 3.8) is 0 Å². The number of rotatable bonds is 9. The quantitative estimate of drug-likeness (QED) is 0.544. The topological polar surface area (TPSA) is 96.0 Å². The van der Waals surface area contributed by atoms with Gasteiger partial charge >= 0.3 is 5.97 Å². The molecule has 0 saturated carbocycles. The molecule has 9 heteroatoms. The Kier molecular flexibility index (Phi) is 8.33. The van der Waals surface area contributed by atoms with Gasteiger partial charge in [0.05, 0.1) is 4.90 Å². The van der Waals surface area contributed by atoms with E-state index in [9.17, 15) is 18.0 Å². The molecule has 1 N–H and O–H groups in total. The summed E-state index contributed by atoms with van der Waals surface area (Å²) in [6, 6.07) is 13.4. The number of esters is 1. The number of anilines is 2. The number of amides is 1. The molecule has 3 rings (SSSR count). The summed E-state index contributed by atoms with van der Waals surface area (Å²) in [4.78, 5) is 27.3. The number of aryl methyl sites for hydroxylation is 1. The first-order valence-electron chi connectivity index (χ1n) is 11.5. The van der Waals surface area contributed by atoms with Gasteiger partial charge in [0.15, 0.2) is 6.61 Å². The van der Waals surface area contributed by atoms with Crippen LogP contribution in [-0.2, 0) is 24.3 Å². The molecular formula is C25H33N3O5S. The average Bonchev–Trinajstić information content (AvgIpc) is 3.30. The predicted octanol–water partition coefficient (Wildman–Crippen LogP) is 3.56. The molecule has 1 aliphatic rings. The van der Waals surface area contributed by atoms with E-state index in [0.29, 0.717) is 24.6 Å². The van der Waals surface area contributed by atoms with Gasteiger partial charge < -0.3 is 15.0 Å².